The molecule has 1 aliphatic heterocycles. The van der Waals surface area contributed by atoms with Crippen molar-refractivity contribution in [2.24, 2.45) is 5.84 Å². The number of hydrogen-bond acceptors (Lipinski definition) is 6. The van der Waals surface area contributed by atoms with E-state index in [-0.39, 0.29) is 12.1 Å². The molecule has 0 amide bonds. The highest BCUT2D eigenvalue weighted by Crippen LogP contribution is 2.19. The standard InChI is InChI=1S/C11H19N5O/c1-7(9-4-3-5-17-9)13-10-6-11(16-12)15-8(2)14-10/h6-7,9H,3-5,12H2,1-2H3,(H2,13,14,15,16). The van der Waals surface area contributed by atoms with E-state index < -0.39 is 0 Å². The van der Waals surface area contributed by atoms with Gasteiger partial charge in [-0.15, -0.1) is 0 Å². The number of nitrogens with two attached hydrogens (primary N) is 1. The van der Waals surface area contributed by atoms with Gasteiger partial charge in [0.05, 0.1) is 12.1 Å². The second-order valence-electron chi connectivity index (χ2n) is 4.31. The van der Waals surface area contributed by atoms with Crippen molar-refractivity contribution >= 4 is 11.6 Å². The SMILES string of the molecule is Cc1nc(NN)cc(NC(C)C2CCCO2)n1. The Balaban J connectivity index is 2.04. The van der Waals surface area contributed by atoms with E-state index in [9.17, 15) is 0 Å². The fraction of sp³-hybridized carbons (Fsp3) is 0.636. The van der Waals surface area contributed by atoms with Crippen LogP contribution in [0.1, 0.15) is 25.6 Å². The molecule has 2 atom stereocenters. The summed E-state index contributed by atoms with van der Waals surface area (Å²) in [7, 11) is 0. The first-order valence-corrected chi connectivity index (χ1v) is 5.89. The molecule has 1 aliphatic rings. The summed E-state index contributed by atoms with van der Waals surface area (Å²) < 4.78 is 5.63. The second-order valence-corrected chi connectivity index (χ2v) is 4.31. The van der Waals surface area contributed by atoms with Gasteiger partial charge in [-0.1, -0.05) is 0 Å². The lowest BCUT2D eigenvalue weighted by Gasteiger charge is -2.20. The van der Waals surface area contributed by atoms with E-state index >= 15 is 0 Å². The number of anilines is 2. The van der Waals surface area contributed by atoms with E-state index in [1.165, 1.54) is 0 Å². The molecule has 2 heterocycles. The monoisotopic (exact) mass is 237 g/mol. The summed E-state index contributed by atoms with van der Waals surface area (Å²) in [4.78, 5) is 8.46. The molecule has 0 aliphatic carbocycles. The Kier molecular flexibility index (Phi) is 3.75. The molecule has 1 fully saturated rings. The van der Waals surface area contributed by atoms with Crippen molar-refractivity contribution in [2.75, 3.05) is 17.3 Å². The molecular formula is C11H19N5O. The Bertz CT molecular complexity index is 378. The smallest absolute Gasteiger partial charge is 0.145 e. The van der Waals surface area contributed by atoms with E-state index in [0.29, 0.717) is 11.6 Å². The van der Waals surface area contributed by atoms with Gasteiger partial charge >= 0.3 is 0 Å². The van der Waals surface area contributed by atoms with Gasteiger partial charge in [-0.25, -0.2) is 15.8 Å². The summed E-state index contributed by atoms with van der Waals surface area (Å²) >= 11 is 0. The predicted octanol–water partition coefficient (Wildman–Crippen LogP) is 1.05. The van der Waals surface area contributed by atoms with Gasteiger partial charge in [-0.2, -0.15) is 0 Å². The second kappa shape index (κ2) is 5.29. The molecule has 17 heavy (non-hydrogen) atoms. The van der Waals surface area contributed by atoms with Gasteiger partial charge in [-0.3, -0.25) is 0 Å². The van der Waals surface area contributed by atoms with Crippen LogP contribution in [0.3, 0.4) is 0 Å². The predicted molar refractivity (Wildman–Crippen MR) is 66.6 cm³/mol. The van der Waals surface area contributed by atoms with E-state index in [4.69, 9.17) is 10.6 Å². The van der Waals surface area contributed by atoms with E-state index in [2.05, 4.69) is 27.6 Å². The summed E-state index contributed by atoms with van der Waals surface area (Å²) in [5.74, 6) is 7.41. The Morgan fingerprint density at radius 2 is 2.24 bits per heavy atom. The molecule has 0 aromatic carbocycles. The highest BCUT2D eigenvalue weighted by molar-refractivity contribution is 5.47. The van der Waals surface area contributed by atoms with E-state index in [1.54, 1.807) is 6.07 Å². The number of hydrazine groups is 1. The minimum absolute atomic E-state index is 0.234. The maximum absolute atomic E-state index is 5.63. The maximum Gasteiger partial charge on any atom is 0.145 e. The molecule has 0 radical (unpaired) electrons. The summed E-state index contributed by atoms with van der Waals surface area (Å²) in [6.07, 6.45) is 2.49. The normalized spacial score (nSPS) is 21.2. The fourth-order valence-electron chi connectivity index (χ4n) is 2.04. The summed E-state index contributed by atoms with van der Waals surface area (Å²) in [5, 5.41) is 3.33. The average Bonchev–Trinajstić information content (AvgIpc) is 2.81. The molecule has 2 rings (SSSR count). The van der Waals surface area contributed by atoms with Gasteiger partial charge in [0, 0.05) is 12.7 Å². The molecular weight excluding hydrogens is 218 g/mol. The van der Waals surface area contributed by atoms with Crippen LogP contribution in [0.2, 0.25) is 0 Å². The van der Waals surface area contributed by atoms with Crippen molar-refractivity contribution in [3.63, 3.8) is 0 Å². The molecule has 1 saturated heterocycles. The number of nitrogens with one attached hydrogen (secondary N) is 2. The maximum atomic E-state index is 5.63. The average molecular weight is 237 g/mol. The third-order valence-electron chi connectivity index (χ3n) is 2.88. The molecule has 1 aromatic heterocycles. The molecule has 1 aromatic rings. The van der Waals surface area contributed by atoms with Gasteiger partial charge in [-0.05, 0) is 26.7 Å². The van der Waals surface area contributed by atoms with Crippen LogP contribution < -0.4 is 16.6 Å². The van der Waals surface area contributed by atoms with Crippen molar-refractivity contribution in [3.05, 3.63) is 11.9 Å². The first-order chi connectivity index (χ1) is 8.19. The highest BCUT2D eigenvalue weighted by atomic mass is 16.5. The van der Waals surface area contributed by atoms with Crippen molar-refractivity contribution in [1.82, 2.24) is 9.97 Å². The molecule has 6 nitrogen and oxygen atoms in total. The van der Waals surface area contributed by atoms with E-state index in [0.717, 1.165) is 25.3 Å². The molecule has 2 unspecified atom stereocenters. The molecule has 6 heteroatoms. The van der Waals surface area contributed by atoms with Crippen LogP contribution in [0.25, 0.3) is 0 Å². The Labute approximate surface area is 101 Å². The van der Waals surface area contributed by atoms with Crippen LogP contribution in [0.5, 0.6) is 0 Å². The Morgan fingerprint density at radius 3 is 2.88 bits per heavy atom. The molecule has 4 N–H and O–H groups in total. The third kappa shape index (κ3) is 3.04. The minimum Gasteiger partial charge on any atom is -0.376 e. The lowest BCUT2D eigenvalue weighted by atomic mass is 10.1. The van der Waals surface area contributed by atoms with Crippen LogP contribution >= 0.6 is 0 Å². The number of ether oxygens (including phenoxy) is 1. The molecule has 0 bridgehead atoms. The van der Waals surface area contributed by atoms with Gasteiger partial charge in [0.1, 0.15) is 17.5 Å². The number of nitrogens with zero attached hydrogens (tertiary/aromatic N) is 2. The summed E-state index contributed by atoms with van der Waals surface area (Å²) in [6.45, 7) is 4.79. The zero-order valence-corrected chi connectivity index (χ0v) is 10.2. The fourth-order valence-corrected chi connectivity index (χ4v) is 2.04. The van der Waals surface area contributed by atoms with E-state index in [1.807, 2.05) is 6.92 Å². The van der Waals surface area contributed by atoms with Crippen molar-refractivity contribution < 1.29 is 4.74 Å². The van der Waals surface area contributed by atoms with Crippen molar-refractivity contribution in [1.29, 1.82) is 0 Å². The highest BCUT2D eigenvalue weighted by Gasteiger charge is 2.22. The van der Waals surface area contributed by atoms with Gasteiger partial charge in [0.25, 0.3) is 0 Å². The number of aromatic nitrogens is 2. The summed E-state index contributed by atoms with van der Waals surface area (Å²) in [5.41, 5.74) is 2.53. The quantitative estimate of drug-likeness (QED) is 0.536. The van der Waals surface area contributed by atoms with Gasteiger partial charge in [0.15, 0.2) is 0 Å². The Morgan fingerprint density at radius 1 is 1.47 bits per heavy atom. The lowest BCUT2D eigenvalue weighted by Crippen LogP contribution is -2.30. The number of aryl methyl sites for hydroxylation is 1. The first-order valence-electron chi connectivity index (χ1n) is 5.89. The topological polar surface area (TPSA) is 85.1 Å². The zero-order valence-electron chi connectivity index (χ0n) is 10.2. The van der Waals surface area contributed by atoms with Crippen molar-refractivity contribution in [3.8, 4) is 0 Å². The minimum atomic E-state index is 0.234. The van der Waals surface area contributed by atoms with Gasteiger partial charge < -0.3 is 15.5 Å². The summed E-state index contributed by atoms with van der Waals surface area (Å²) in [6, 6.07) is 2.02. The zero-order chi connectivity index (χ0) is 12.3. The van der Waals surface area contributed by atoms with Crippen LogP contribution in [-0.2, 0) is 4.74 Å². The van der Waals surface area contributed by atoms with Crippen LogP contribution in [0.15, 0.2) is 6.07 Å². The lowest BCUT2D eigenvalue weighted by molar-refractivity contribution is 0.0995. The van der Waals surface area contributed by atoms with Gasteiger partial charge in [0.2, 0.25) is 0 Å². The number of rotatable bonds is 4. The number of nitrogen functional groups attached to an aromatic ring is 1. The molecule has 94 valence electrons. The van der Waals surface area contributed by atoms with Crippen LogP contribution in [-0.4, -0.2) is 28.7 Å². The molecule has 0 saturated carbocycles. The number of hydrogen-bond donors (Lipinski definition) is 3. The van der Waals surface area contributed by atoms with Crippen molar-refractivity contribution in [2.45, 2.75) is 38.8 Å². The van der Waals surface area contributed by atoms with Crippen LogP contribution in [0, 0.1) is 6.92 Å². The Hall–Kier alpha value is -1.40. The van der Waals surface area contributed by atoms with Crippen LogP contribution in [0.4, 0.5) is 11.6 Å². The first kappa shape index (κ1) is 12.1. The molecule has 0 spiro atoms. The third-order valence-corrected chi connectivity index (χ3v) is 2.88. The largest absolute Gasteiger partial charge is 0.376 e.